The Hall–Kier alpha value is -1.51. The molecule has 0 saturated carbocycles. The third kappa shape index (κ3) is 4.98. The van der Waals surface area contributed by atoms with E-state index in [0.29, 0.717) is 0 Å². The summed E-state index contributed by atoms with van der Waals surface area (Å²) in [5.41, 5.74) is 0. The number of halogens is 1. The maximum Gasteiger partial charge on any atom is 0.321 e. The van der Waals surface area contributed by atoms with Gasteiger partial charge in [0.2, 0.25) is 10.0 Å². The summed E-state index contributed by atoms with van der Waals surface area (Å²) in [5.74, 6) is -0.806. The van der Waals surface area contributed by atoms with Gasteiger partial charge in [0.1, 0.15) is 10.9 Å². The molecule has 0 aliphatic heterocycles. The van der Waals surface area contributed by atoms with Crippen molar-refractivity contribution in [1.29, 1.82) is 0 Å². The highest BCUT2D eigenvalue weighted by molar-refractivity contribution is 7.89. The van der Waals surface area contributed by atoms with Gasteiger partial charge in [-0.15, -0.1) is 0 Å². The van der Waals surface area contributed by atoms with Crippen LogP contribution in [0.2, 0.25) is 5.02 Å². The summed E-state index contributed by atoms with van der Waals surface area (Å²) in [6.45, 7) is 3.60. The van der Waals surface area contributed by atoms with Crippen LogP contribution in [0.4, 0.5) is 0 Å². The Morgan fingerprint density at radius 3 is 2.22 bits per heavy atom. The molecule has 23 heavy (non-hydrogen) atoms. The number of carbonyl (C=O) groups is 1. The molecule has 1 aromatic rings. The van der Waals surface area contributed by atoms with Crippen molar-refractivity contribution in [2.45, 2.75) is 31.2 Å². The lowest BCUT2D eigenvalue weighted by Crippen LogP contribution is -2.41. The molecule has 130 valence electrons. The van der Waals surface area contributed by atoms with Crippen molar-refractivity contribution < 1.29 is 27.8 Å². The monoisotopic (exact) mass is 365 g/mol. The molecule has 0 radical (unpaired) electrons. The molecule has 0 heterocycles. The SMILES string of the molecule is COc1cc(Cl)c(S(=O)(=O)NC(CC(C)C)C(=O)O)cc1OC. The first kappa shape index (κ1) is 19.5. The van der Waals surface area contributed by atoms with Crippen molar-refractivity contribution in [2.24, 2.45) is 5.92 Å². The highest BCUT2D eigenvalue weighted by atomic mass is 35.5. The molecule has 0 saturated heterocycles. The van der Waals surface area contributed by atoms with Gasteiger partial charge < -0.3 is 14.6 Å². The van der Waals surface area contributed by atoms with Gasteiger partial charge in [-0.05, 0) is 12.3 Å². The van der Waals surface area contributed by atoms with E-state index >= 15 is 0 Å². The lowest BCUT2D eigenvalue weighted by atomic mass is 10.1. The van der Waals surface area contributed by atoms with Crippen molar-refractivity contribution in [3.05, 3.63) is 17.2 Å². The van der Waals surface area contributed by atoms with Crippen LogP contribution in [0.15, 0.2) is 17.0 Å². The fraction of sp³-hybridized carbons (Fsp3) is 0.500. The van der Waals surface area contributed by atoms with E-state index in [1.807, 2.05) is 0 Å². The zero-order valence-corrected chi connectivity index (χ0v) is 14.9. The highest BCUT2D eigenvalue weighted by Crippen LogP contribution is 2.35. The first-order chi connectivity index (χ1) is 10.6. The zero-order valence-electron chi connectivity index (χ0n) is 13.3. The molecule has 7 nitrogen and oxygen atoms in total. The minimum absolute atomic E-state index is 0.000301. The summed E-state index contributed by atoms with van der Waals surface area (Å²) in [6.07, 6.45) is 0.152. The van der Waals surface area contributed by atoms with Crippen LogP contribution in [0.25, 0.3) is 0 Å². The third-order valence-corrected chi connectivity index (χ3v) is 4.97. The number of hydrogen-bond acceptors (Lipinski definition) is 5. The summed E-state index contributed by atoms with van der Waals surface area (Å²) >= 11 is 5.99. The summed E-state index contributed by atoms with van der Waals surface area (Å²) in [6, 6.07) is 1.24. The maximum absolute atomic E-state index is 12.5. The molecule has 0 fully saturated rings. The topological polar surface area (TPSA) is 102 Å². The summed E-state index contributed by atoms with van der Waals surface area (Å²) < 4.78 is 37.2. The van der Waals surface area contributed by atoms with Crippen LogP contribution in [-0.4, -0.2) is 39.8 Å². The van der Waals surface area contributed by atoms with Crippen LogP contribution < -0.4 is 14.2 Å². The number of ether oxygens (including phenoxy) is 2. The van der Waals surface area contributed by atoms with Crippen LogP contribution in [-0.2, 0) is 14.8 Å². The molecular weight excluding hydrogens is 346 g/mol. The van der Waals surface area contributed by atoms with Gasteiger partial charge in [-0.1, -0.05) is 25.4 Å². The summed E-state index contributed by atoms with van der Waals surface area (Å²) in [7, 11) is -1.39. The largest absolute Gasteiger partial charge is 0.493 e. The van der Waals surface area contributed by atoms with E-state index in [0.717, 1.165) is 0 Å². The van der Waals surface area contributed by atoms with E-state index in [-0.39, 0.29) is 33.8 Å². The van der Waals surface area contributed by atoms with E-state index in [9.17, 15) is 18.3 Å². The number of carboxylic acids is 1. The van der Waals surface area contributed by atoms with Crippen molar-refractivity contribution >= 4 is 27.6 Å². The Balaban J connectivity index is 3.24. The second kappa shape index (κ2) is 7.85. The summed E-state index contributed by atoms with van der Waals surface area (Å²) in [4.78, 5) is 11.0. The van der Waals surface area contributed by atoms with E-state index in [1.54, 1.807) is 13.8 Å². The number of aliphatic carboxylic acids is 1. The molecule has 1 unspecified atom stereocenters. The van der Waals surface area contributed by atoms with Crippen LogP contribution in [0.5, 0.6) is 11.5 Å². The quantitative estimate of drug-likeness (QED) is 0.731. The predicted molar refractivity (Wildman–Crippen MR) is 85.8 cm³/mol. The van der Waals surface area contributed by atoms with Gasteiger partial charge >= 0.3 is 5.97 Å². The van der Waals surface area contributed by atoms with Gasteiger partial charge in [-0.25, -0.2) is 8.42 Å². The molecule has 9 heteroatoms. The standard InChI is InChI=1S/C14H20ClNO6S/c1-8(2)5-10(14(17)18)16-23(19,20)13-7-12(22-4)11(21-3)6-9(13)15/h6-8,10,16H,5H2,1-4H3,(H,17,18). The van der Waals surface area contributed by atoms with Crippen molar-refractivity contribution in [3.8, 4) is 11.5 Å². The molecule has 1 atom stereocenters. The van der Waals surface area contributed by atoms with Gasteiger partial charge in [-0.2, -0.15) is 4.72 Å². The molecular formula is C14H20ClNO6S. The predicted octanol–water partition coefficient (Wildman–Crippen LogP) is 2.13. The second-order valence-corrected chi connectivity index (χ2v) is 7.37. The van der Waals surface area contributed by atoms with Gasteiger partial charge in [-0.3, -0.25) is 4.79 Å². The van der Waals surface area contributed by atoms with Gasteiger partial charge in [0.15, 0.2) is 11.5 Å². The summed E-state index contributed by atoms with van der Waals surface area (Å²) in [5, 5.41) is 9.09. The number of sulfonamides is 1. The van der Waals surface area contributed by atoms with Crippen LogP contribution in [0.3, 0.4) is 0 Å². The minimum Gasteiger partial charge on any atom is -0.493 e. The van der Waals surface area contributed by atoms with Gasteiger partial charge in [0.25, 0.3) is 0 Å². The maximum atomic E-state index is 12.5. The number of methoxy groups -OCH3 is 2. The zero-order chi connectivity index (χ0) is 17.8. The van der Waals surface area contributed by atoms with E-state index < -0.39 is 22.0 Å². The molecule has 1 rings (SSSR count). The Morgan fingerprint density at radius 2 is 1.78 bits per heavy atom. The third-order valence-electron chi connectivity index (χ3n) is 3.03. The molecule has 1 aromatic carbocycles. The van der Waals surface area contributed by atoms with E-state index in [1.165, 1.54) is 26.4 Å². The molecule has 0 aliphatic carbocycles. The number of nitrogens with one attached hydrogen (secondary N) is 1. The van der Waals surface area contributed by atoms with Gasteiger partial charge in [0, 0.05) is 12.1 Å². The second-order valence-electron chi connectivity index (χ2n) is 5.28. The van der Waals surface area contributed by atoms with Crippen molar-refractivity contribution in [1.82, 2.24) is 4.72 Å². The first-order valence-corrected chi connectivity index (χ1v) is 8.65. The van der Waals surface area contributed by atoms with Crippen molar-refractivity contribution in [3.63, 3.8) is 0 Å². The Bertz CT molecular complexity index is 674. The fourth-order valence-corrected chi connectivity index (χ4v) is 3.70. The van der Waals surface area contributed by atoms with Crippen LogP contribution in [0.1, 0.15) is 20.3 Å². The van der Waals surface area contributed by atoms with Crippen LogP contribution >= 0.6 is 11.6 Å². The molecule has 0 aromatic heterocycles. The molecule has 0 spiro atoms. The van der Waals surface area contributed by atoms with Gasteiger partial charge in [0.05, 0.1) is 19.2 Å². The number of carboxylic acid groups (broad SMARTS) is 1. The van der Waals surface area contributed by atoms with Crippen molar-refractivity contribution in [2.75, 3.05) is 14.2 Å². The number of hydrogen-bond donors (Lipinski definition) is 2. The normalized spacial score (nSPS) is 13.0. The first-order valence-electron chi connectivity index (χ1n) is 6.79. The number of benzene rings is 1. The molecule has 0 aliphatic rings. The molecule has 0 bridgehead atoms. The highest BCUT2D eigenvalue weighted by Gasteiger charge is 2.28. The van der Waals surface area contributed by atoms with E-state index in [2.05, 4.69) is 4.72 Å². The average molecular weight is 366 g/mol. The Kier molecular flexibility index (Phi) is 6.67. The smallest absolute Gasteiger partial charge is 0.321 e. The minimum atomic E-state index is -4.14. The lowest BCUT2D eigenvalue weighted by molar-refractivity contribution is -0.139. The average Bonchev–Trinajstić information content (AvgIpc) is 2.44. The fourth-order valence-electron chi connectivity index (χ4n) is 1.96. The molecule has 0 amide bonds. The number of rotatable bonds is 8. The Morgan fingerprint density at radius 1 is 1.26 bits per heavy atom. The Labute approximate surface area is 140 Å². The van der Waals surface area contributed by atoms with Crippen LogP contribution in [0, 0.1) is 5.92 Å². The molecule has 2 N–H and O–H groups in total. The lowest BCUT2D eigenvalue weighted by Gasteiger charge is -2.18. The van der Waals surface area contributed by atoms with E-state index in [4.69, 9.17) is 21.1 Å².